The fraction of sp³-hybridized carbons (Fsp3) is 0.231. The Bertz CT molecular complexity index is 733. The SMILES string of the molecule is NC(=NO)c1ccc(-n2ccc(C3CC3)n2)c([N+](=O)[O-])c1. The van der Waals surface area contributed by atoms with Gasteiger partial charge in [0.2, 0.25) is 0 Å². The summed E-state index contributed by atoms with van der Waals surface area (Å²) in [6, 6.07) is 6.23. The minimum atomic E-state index is -0.512. The molecule has 2 aromatic rings. The van der Waals surface area contributed by atoms with Crippen LogP contribution < -0.4 is 5.73 Å². The summed E-state index contributed by atoms with van der Waals surface area (Å²) in [5.41, 5.74) is 6.89. The zero-order valence-corrected chi connectivity index (χ0v) is 11.0. The van der Waals surface area contributed by atoms with E-state index in [1.807, 2.05) is 6.07 Å². The molecule has 1 aromatic heterocycles. The number of nitrogens with zero attached hydrogens (tertiary/aromatic N) is 4. The number of benzene rings is 1. The van der Waals surface area contributed by atoms with E-state index in [9.17, 15) is 10.1 Å². The predicted octanol–water partition coefficient (Wildman–Crippen LogP) is 1.75. The monoisotopic (exact) mass is 287 g/mol. The smallest absolute Gasteiger partial charge is 0.295 e. The van der Waals surface area contributed by atoms with Crippen LogP contribution in [0.1, 0.15) is 30.0 Å². The highest BCUT2D eigenvalue weighted by atomic mass is 16.6. The maximum absolute atomic E-state index is 11.2. The summed E-state index contributed by atoms with van der Waals surface area (Å²) in [5.74, 6) is 0.297. The molecular weight excluding hydrogens is 274 g/mol. The first kappa shape index (κ1) is 13.1. The van der Waals surface area contributed by atoms with Gasteiger partial charge in [0.05, 0.1) is 10.6 Å². The molecule has 0 radical (unpaired) electrons. The third-order valence-corrected chi connectivity index (χ3v) is 3.43. The van der Waals surface area contributed by atoms with Gasteiger partial charge < -0.3 is 10.9 Å². The van der Waals surface area contributed by atoms with Crippen molar-refractivity contribution in [3.8, 4) is 5.69 Å². The predicted molar refractivity (Wildman–Crippen MR) is 74.7 cm³/mol. The summed E-state index contributed by atoms with van der Waals surface area (Å²) in [4.78, 5) is 10.7. The summed E-state index contributed by atoms with van der Waals surface area (Å²) in [5, 5.41) is 27.1. The van der Waals surface area contributed by atoms with Gasteiger partial charge in [-0.3, -0.25) is 10.1 Å². The fourth-order valence-corrected chi connectivity index (χ4v) is 2.15. The maximum atomic E-state index is 11.2. The Morgan fingerprint density at radius 3 is 2.86 bits per heavy atom. The van der Waals surface area contributed by atoms with E-state index in [0.717, 1.165) is 18.5 Å². The van der Waals surface area contributed by atoms with Crippen molar-refractivity contribution in [2.75, 3.05) is 0 Å². The summed E-state index contributed by atoms with van der Waals surface area (Å²) in [6.07, 6.45) is 3.93. The van der Waals surface area contributed by atoms with E-state index in [1.54, 1.807) is 12.3 Å². The molecule has 1 aromatic carbocycles. The Morgan fingerprint density at radius 1 is 1.48 bits per heavy atom. The molecule has 0 bridgehead atoms. The maximum Gasteiger partial charge on any atom is 0.295 e. The van der Waals surface area contributed by atoms with Gasteiger partial charge in [0.15, 0.2) is 5.84 Å². The molecule has 1 aliphatic carbocycles. The lowest BCUT2D eigenvalue weighted by Gasteiger charge is -2.05. The van der Waals surface area contributed by atoms with Crippen LogP contribution in [0.25, 0.3) is 5.69 Å². The molecule has 1 aliphatic rings. The van der Waals surface area contributed by atoms with Crippen LogP contribution in [-0.2, 0) is 0 Å². The van der Waals surface area contributed by atoms with Gasteiger partial charge in [-0.25, -0.2) is 4.68 Å². The minimum Gasteiger partial charge on any atom is -0.409 e. The molecule has 1 saturated carbocycles. The lowest BCUT2D eigenvalue weighted by atomic mass is 10.1. The number of nitro groups is 1. The molecule has 108 valence electrons. The van der Waals surface area contributed by atoms with E-state index in [-0.39, 0.29) is 17.1 Å². The summed E-state index contributed by atoms with van der Waals surface area (Å²) < 4.78 is 1.49. The normalized spacial score (nSPS) is 15.1. The first-order chi connectivity index (χ1) is 10.1. The van der Waals surface area contributed by atoms with Gasteiger partial charge in [-0.05, 0) is 31.0 Å². The van der Waals surface area contributed by atoms with Gasteiger partial charge in [-0.2, -0.15) is 5.10 Å². The standard InChI is InChI=1S/C13H13N5O3/c14-13(16-19)9-3-4-11(12(7-9)18(20)21)17-6-5-10(15-17)8-1-2-8/h3-8,19H,1-2H2,(H2,14,16). The molecule has 0 saturated heterocycles. The average Bonchev–Trinajstić information content (AvgIpc) is 3.23. The van der Waals surface area contributed by atoms with E-state index in [1.165, 1.54) is 16.8 Å². The zero-order valence-electron chi connectivity index (χ0n) is 11.0. The Hall–Kier alpha value is -2.90. The number of rotatable bonds is 4. The highest BCUT2D eigenvalue weighted by molar-refractivity contribution is 5.98. The minimum absolute atomic E-state index is 0.149. The van der Waals surface area contributed by atoms with Gasteiger partial charge in [0.1, 0.15) is 5.69 Å². The van der Waals surface area contributed by atoms with Crippen LogP contribution >= 0.6 is 0 Å². The molecular formula is C13H13N5O3. The molecule has 1 heterocycles. The van der Waals surface area contributed by atoms with Gasteiger partial charge in [-0.1, -0.05) is 5.16 Å². The lowest BCUT2D eigenvalue weighted by molar-refractivity contribution is -0.384. The van der Waals surface area contributed by atoms with E-state index in [4.69, 9.17) is 10.9 Å². The van der Waals surface area contributed by atoms with Crippen LogP contribution in [0.4, 0.5) is 5.69 Å². The van der Waals surface area contributed by atoms with Crippen molar-refractivity contribution < 1.29 is 10.1 Å². The quantitative estimate of drug-likeness (QED) is 0.292. The van der Waals surface area contributed by atoms with E-state index in [0.29, 0.717) is 11.6 Å². The molecule has 8 heteroatoms. The van der Waals surface area contributed by atoms with Crippen molar-refractivity contribution in [2.24, 2.45) is 10.9 Å². The van der Waals surface area contributed by atoms with Gasteiger partial charge in [0, 0.05) is 23.7 Å². The van der Waals surface area contributed by atoms with E-state index < -0.39 is 4.92 Å². The van der Waals surface area contributed by atoms with Crippen molar-refractivity contribution in [3.63, 3.8) is 0 Å². The first-order valence-corrected chi connectivity index (χ1v) is 6.42. The molecule has 8 nitrogen and oxygen atoms in total. The molecule has 0 spiro atoms. The lowest BCUT2D eigenvalue weighted by Crippen LogP contribution is -2.14. The van der Waals surface area contributed by atoms with Gasteiger partial charge in [0.25, 0.3) is 5.69 Å². The van der Waals surface area contributed by atoms with Gasteiger partial charge >= 0.3 is 0 Å². The Labute approximate surface area is 119 Å². The summed E-state index contributed by atoms with van der Waals surface area (Å²) in [7, 11) is 0. The summed E-state index contributed by atoms with van der Waals surface area (Å²) >= 11 is 0. The van der Waals surface area contributed by atoms with Crippen LogP contribution in [0.15, 0.2) is 35.6 Å². The van der Waals surface area contributed by atoms with Crippen LogP contribution in [-0.4, -0.2) is 25.7 Å². The number of oxime groups is 1. The molecule has 0 unspecified atom stereocenters. The number of aromatic nitrogens is 2. The number of hydrogen-bond acceptors (Lipinski definition) is 5. The first-order valence-electron chi connectivity index (χ1n) is 6.42. The Kier molecular flexibility index (Phi) is 3.05. The van der Waals surface area contributed by atoms with E-state index in [2.05, 4.69) is 10.3 Å². The molecule has 0 amide bonds. The van der Waals surface area contributed by atoms with Crippen molar-refractivity contribution in [1.29, 1.82) is 0 Å². The second-order valence-corrected chi connectivity index (χ2v) is 4.91. The highest BCUT2D eigenvalue weighted by Crippen LogP contribution is 2.39. The van der Waals surface area contributed by atoms with Gasteiger partial charge in [-0.15, -0.1) is 0 Å². The highest BCUT2D eigenvalue weighted by Gasteiger charge is 2.27. The topological polar surface area (TPSA) is 120 Å². The zero-order chi connectivity index (χ0) is 15.0. The molecule has 1 fully saturated rings. The number of hydrogen-bond donors (Lipinski definition) is 2. The number of amidine groups is 1. The largest absolute Gasteiger partial charge is 0.409 e. The average molecular weight is 287 g/mol. The molecule has 3 N–H and O–H groups in total. The second-order valence-electron chi connectivity index (χ2n) is 4.91. The van der Waals surface area contributed by atoms with Crippen molar-refractivity contribution in [3.05, 3.63) is 51.8 Å². The van der Waals surface area contributed by atoms with Crippen molar-refractivity contribution in [2.45, 2.75) is 18.8 Å². The van der Waals surface area contributed by atoms with Crippen LogP contribution in [0.3, 0.4) is 0 Å². The number of nitro benzene ring substituents is 1. The molecule has 3 rings (SSSR count). The Balaban J connectivity index is 2.05. The third kappa shape index (κ3) is 2.42. The molecule has 0 aliphatic heterocycles. The van der Waals surface area contributed by atoms with Crippen molar-refractivity contribution in [1.82, 2.24) is 9.78 Å². The van der Waals surface area contributed by atoms with Crippen molar-refractivity contribution >= 4 is 11.5 Å². The Morgan fingerprint density at radius 2 is 2.24 bits per heavy atom. The number of nitrogens with two attached hydrogens (primary N) is 1. The van der Waals surface area contributed by atoms with E-state index >= 15 is 0 Å². The van der Waals surface area contributed by atoms with Crippen LogP contribution in [0.5, 0.6) is 0 Å². The molecule has 21 heavy (non-hydrogen) atoms. The molecule has 0 atom stereocenters. The second kappa shape index (κ2) is 4.89. The van der Waals surface area contributed by atoms with Crippen LogP contribution in [0.2, 0.25) is 0 Å². The summed E-state index contributed by atoms with van der Waals surface area (Å²) in [6.45, 7) is 0. The fourth-order valence-electron chi connectivity index (χ4n) is 2.15. The van der Waals surface area contributed by atoms with Crippen LogP contribution in [0, 0.1) is 10.1 Å². The third-order valence-electron chi connectivity index (χ3n) is 3.43.